The molecule has 4 aliphatic carbocycles. The van der Waals surface area contributed by atoms with Crippen LogP contribution in [0.2, 0.25) is 0 Å². The number of nitrogens with one attached hydrogen (secondary N) is 1. The van der Waals surface area contributed by atoms with E-state index in [2.05, 4.69) is 30.4 Å². The predicted molar refractivity (Wildman–Crippen MR) is 140 cm³/mol. The fourth-order valence-corrected chi connectivity index (χ4v) is 9.11. The largest absolute Gasteiger partial charge is 0.497 e. The number of hydrogen-bond acceptors (Lipinski definition) is 7. The van der Waals surface area contributed by atoms with Crippen LogP contribution < -0.4 is 14.8 Å². The van der Waals surface area contributed by atoms with E-state index in [1.54, 1.807) is 25.6 Å². The standard InChI is InChI=1S/C28H35N3O3S/c1-27-14-12-21-25(35-26(29-21)30-22-15-16(33-3)5-9-23(22)34-4)20(27)7-6-17-18-8-10-24(31-32)28(18,2)13-11-19(17)27/h5,7,9,15,17-19,32H,6,8,10-14H2,1-4H3,(H,29,30)/b31-24+/t17-,18-,19-,27+,28-/m0/s1. The van der Waals surface area contributed by atoms with Gasteiger partial charge < -0.3 is 20.0 Å². The van der Waals surface area contributed by atoms with Gasteiger partial charge in [0.05, 0.1) is 36.2 Å². The number of ether oxygens (including phenoxy) is 2. The zero-order valence-corrected chi connectivity index (χ0v) is 21.9. The molecular formula is C28H35N3O3S. The van der Waals surface area contributed by atoms with Gasteiger partial charge in [0, 0.05) is 11.5 Å². The van der Waals surface area contributed by atoms with Crippen LogP contribution in [0, 0.1) is 28.6 Å². The smallest absolute Gasteiger partial charge is 0.188 e. The van der Waals surface area contributed by atoms with Crippen molar-refractivity contribution in [2.75, 3.05) is 19.5 Å². The van der Waals surface area contributed by atoms with Gasteiger partial charge in [-0.05, 0) is 85.8 Å². The van der Waals surface area contributed by atoms with Crippen molar-refractivity contribution in [3.05, 3.63) is 34.8 Å². The van der Waals surface area contributed by atoms with Gasteiger partial charge in [-0.3, -0.25) is 0 Å². The molecule has 6 rings (SSSR count). The van der Waals surface area contributed by atoms with E-state index in [4.69, 9.17) is 14.5 Å². The molecule has 4 aliphatic rings. The molecule has 0 bridgehead atoms. The maximum absolute atomic E-state index is 9.63. The minimum absolute atomic E-state index is 0.0782. The van der Waals surface area contributed by atoms with Crippen LogP contribution in [0.5, 0.6) is 11.5 Å². The quantitative estimate of drug-likeness (QED) is 0.357. The lowest BCUT2D eigenvalue weighted by atomic mass is 9.48. The molecule has 1 aromatic heterocycles. The molecule has 6 nitrogen and oxygen atoms in total. The maximum atomic E-state index is 9.63. The molecule has 2 N–H and O–H groups in total. The van der Waals surface area contributed by atoms with Gasteiger partial charge in [0.2, 0.25) is 0 Å². The molecule has 7 heteroatoms. The number of hydrogen-bond donors (Lipinski definition) is 2. The highest BCUT2D eigenvalue weighted by molar-refractivity contribution is 7.16. The van der Waals surface area contributed by atoms with Crippen LogP contribution in [0.15, 0.2) is 29.4 Å². The normalized spacial score (nSPS) is 34.3. The molecule has 2 aromatic rings. The van der Waals surface area contributed by atoms with E-state index in [1.165, 1.54) is 29.0 Å². The number of thiazole rings is 1. The lowest BCUT2D eigenvalue weighted by Gasteiger charge is -2.56. The molecule has 2 fully saturated rings. The monoisotopic (exact) mass is 493 g/mol. The van der Waals surface area contributed by atoms with Crippen molar-refractivity contribution in [1.29, 1.82) is 0 Å². The van der Waals surface area contributed by atoms with Crippen LogP contribution in [0.1, 0.15) is 62.9 Å². The van der Waals surface area contributed by atoms with Crippen molar-refractivity contribution in [2.45, 2.75) is 58.8 Å². The van der Waals surface area contributed by atoms with E-state index in [0.29, 0.717) is 17.8 Å². The summed E-state index contributed by atoms with van der Waals surface area (Å²) in [5.41, 5.74) is 4.91. The number of aryl methyl sites for hydroxylation is 1. The Labute approximate surface area is 211 Å². The first-order valence-corrected chi connectivity index (χ1v) is 13.6. The van der Waals surface area contributed by atoms with Gasteiger partial charge in [0.1, 0.15) is 11.5 Å². The highest BCUT2D eigenvalue weighted by Crippen LogP contribution is 2.65. The van der Waals surface area contributed by atoms with Crippen molar-refractivity contribution in [3.63, 3.8) is 0 Å². The molecular weight excluding hydrogens is 458 g/mol. The fraction of sp³-hybridized carbons (Fsp3) is 0.571. The molecule has 35 heavy (non-hydrogen) atoms. The van der Waals surface area contributed by atoms with Crippen molar-refractivity contribution in [3.8, 4) is 11.5 Å². The molecule has 0 saturated heterocycles. The van der Waals surface area contributed by atoms with Gasteiger partial charge in [0.25, 0.3) is 0 Å². The summed E-state index contributed by atoms with van der Waals surface area (Å²) in [5.74, 6) is 3.55. The van der Waals surface area contributed by atoms with E-state index in [9.17, 15) is 5.21 Å². The van der Waals surface area contributed by atoms with Crippen LogP contribution in [0.3, 0.4) is 0 Å². The summed E-state index contributed by atoms with van der Waals surface area (Å²) in [5, 5.41) is 17.8. The zero-order chi connectivity index (χ0) is 24.4. The molecule has 1 aromatic carbocycles. The van der Waals surface area contributed by atoms with E-state index in [-0.39, 0.29) is 10.8 Å². The second kappa shape index (κ2) is 8.26. The second-order valence-corrected chi connectivity index (χ2v) is 12.2. The number of benzene rings is 1. The van der Waals surface area contributed by atoms with Crippen LogP contribution in [0.4, 0.5) is 10.8 Å². The Bertz CT molecular complexity index is 1220. The van der Waals surface area contributed by atoms with Crippen LogP contribution in [-0.4, -0.2) is 30.1 Å². The Morgan fingerprint density at radius 2 is 1.91 bits per heavy atom. The summed E-state index contributed by atoms with van der Waals surface area (Å²) in [6.45, 7) is 4.86. The fourth-order valence-electron chi connectivity index (χ4n) is 7.91. The van der Waals surface area contributed by atoms with Crippen molar-refractivity contribution in [2.24, 2.45) is 33.7 Å². The summed E-state index contributed by atoms with van der Waals surface area (Å²) in [6.07, 6.45) is 10.3. The molecule has 0 radical (unpaired) electrons. The highest BCUT2D eigenvalue weighted by Gasteiger charge is 2.58. The third-order valence-electron chi connectivity index (χ3n) is 9.80. The van der Waals surface area contributed by atoms with Gasteiger partial charge in [-0.2, -0.15) is 0 Å². The Hall–Kier alpha value is -2.54. The van der Waals surface area contributed by atoms with Gasteiger partial charge >= 0.3 is 0 Å². The number of oxime groups is 1. The number of allylic oxidation sites excluding steroid dienone is 2. The second-order valence-electron chi connectivity index (χ2n) is 11.2. The number of rotatable bonds is 4. The average Bonchev–Trinajstić information content (AvgIpc) is 3.43. The lowest BCUT2D eigenvalue weighted by Crippen LogP contribution is -2.49. The molecule has 2 saturated carbocycles. The van der Waals surface area contributed by atoms with Gasteiger partial charge in [-0.25, -0.2) is 4.98 Å². The molecule has 1 heterocycles. The summed E-state index contributed by atoms with van der Waals surface area (Å²) < 4.78 is 11.0. The minimum Gasteiger partial charge on any atom is -0.497 e. The highest BCUT2D eigenvalue weighted by atomic mass is 32.1. The van der Waals surface area contributed by atoms with Crippen molar-refractivity contribution in [1.82, 2.24) is 4.98 Å². The third kappa shape index (κ3) is 3.34. The SMILES string of the molecule is COc1ccc(OC)c(Nc2nc3c(s2)C2=CC[C@@H]4[C@H](CC[C@]5(C)/C(=N/O)CC[C@@H]45)[C@@]2(C)CC3)c1. The van der Waals surface area contributed by atoms with Crippen LogP contribution in [-0.2, 0) is 6.42 Å². The number of aromatic nitrogens is 1. The summed E-state index contributed by atoms with van der Waals surface area (Å²) in [6, 6.07) is 5.78. The first-order valence-electron chi connectivity index (χ1n) is 12.8. The van der Waals surface area contributed by atoms with Crippen molar-refractivity contribution < 1.29 is 14.7 Å². The zero-order valence-electron chi connectivity index (χ0n) is 21.1. The molecule has 0 unspecified atom stereocenters. The van der Waals surface area contributed by atoms with Gasteiger partial charge in [0.15, 0.2) is 5.13 Å². The van der Waals surface area contributed by atoms with Crippen molar-refractivity contribution >= 4 is 33.4 Å². The van der Waals surface area contributed by atoms with Gasteiger partial charge in [-0.15, -0.1) is 0 Å². The molecule has 0 aliphatic heterocycles. The average molecular weight is 494 g/mol. The van der Waals surface area contributed by atoms with Crippen LogP contribution >= 0.6 is 11.3 Å². The minimum atomic E-state index is 0.0782. The predicted octanol–water partition coefficient (Wildman–Crippen LogP) is 6.92. The van der Waals surface area contributed by atoms with Gasteiger partial charge in [-0.1, -0.05) is 36.4 Å². The van der Waals surface area contributed by atoms with E-state index >= 15 is 0 Å². The number of methoxy groups -OCH3 is 2. The van der Waals surface area contributed by atoms with Crippen LogP contribution in [0.25, 0.3) is 5.57 Å². The number of nitrogens with zero attached hydrogens (tertiary/aromatic N) is 2. The molecule has 5 atom stereocenters. The van der Waals surface area contributed by atoms with E-state index < -0.39 is 0 Å². The first-order chi connectivity index (χ1) is 16.9. The molecule has 0 amide bonds. The summed E-state index contributed by atoms with van der Waals surface area (Å²) in [7, 11) is 3.36. The summed E-state index contributed by atoms with van der Waals surface area (Å²) >= 11 is 1.77. The molecule has 0 spiro atoms. The van der Waals surface area contributed by atoms with E-state index in [1.807, 2.05) is 18.2 Å². The first kappa shape index (κ1) is 22.9. The third-order valence-corrected chi connectivity index (χ3v) is 10.8. The Morgan fingerprint density at radius 1 is 1.09 bits per heavy atom. The Balaban J connectivity index is 1.32. The summed E-state index contributed by atoms with van der Waals surface area (Å²) in [4.78, 5) is 6.38. The lowest BCUT2D eigenvalue weighted by molar-refractivity contribution is 0.0110. The Kier molecular flexibility index (Phi) is 5.40. The van der Waals surface area contributed by atoms with E-state index in [0.717, 1.165) is 60.1 Å². The number of fused-ring (bicyclic) bond motifs is 7. The topological polar surface area (TPSA) is 76.0 Å². The maximum Gasteiger partial charge on any atom is 0.188 e. The molecule has 186 valence electrons. The number of anilines is 2. The Morgan fingerprint density at radius 3 is 2.69 bits per heavy atom.